The van der Waals surface area contributed by atoms with E-state index in [0.717, 1.165) is 11.1 Å². The molecule has 2 aromatic carbocycles. The van der Waals surface area contributed by atoms with Gasteiger partial charge in [-0.1, -0.05) is 54.4 Å². The molecule has 1 saturated carbocycles. The van der Waals surface area contributed by atoms with Gasteiger partial charge in [-0.15, -0.1) is 0 Å². The van der Waals surface area contributed by atoms with Crippen LogP contribution in [0, 0.1) is 5.41 Å². The molecule has 0 aromatic heterocycles. The van der Waals surface area contributed by atoms with Gasteiger partial charge in [0.15, 0.2) is 0 Å². The molecule has 5 nitrogen and oxygen atoms in total. The number of aliphatic hydroxyl groups is 1. The molecule has 1 unspecified atom stereocenters. The molecule has 1 saturated heterocycles. The fourth-order valence-electron chi connectivity index (χ4n) is 5.47. The zero-order valence-corrected chi connectivity index (χ0v) is 19.4. The van der Waals surface area contributed by atoms with Crippen molar-refractivity contribution in [2.24, 2.45) is 5.41 Å². The van der Waals surface area contributed by atoms with Crippen LogP contribution in [0.5, 0.6) is 0 Å². The number of carbonyl (C=O) groups excluding carboxylic acids is 1. The third kappa shape index (κ3) is 4.52. The Kier molecular flexibility index (Phi) is 6.53. The van der Waals surface area contributed by atoms with Crippen molar-refractivity contribution in [1.29, 1.82) is 0 Å². The van der Waals surface area contributed by atoms with Gasteiger partial charge in [-0.2, -0.15) is 0 Å². The lowest BCUT2D eigenvalue weighted by Gasteiger charge is -2.51. The largest absolute Gasteiger partial charge is 0.481 e. The topological polar surface area (TPSA) is 77.8 Å². The van der Waals surface area contributed by atoms with E-state index in [1.807, 2.05) is 47.4 Å². The summed E-state index contributed by atoms with van der Waals surface area (Å²) in [5.74, 6) is -1.33. The number of carbonyl (C=O) groups is 2. The Morgan fingerprint density at radius 3 is 2.41 bits per heavy atom. The molecule has 5 atom stereocenters. The molecular formula is C25H27Cl2NO4. The van der Waals surface area contributed by atoms with Crippen LogP contribution in [0.4, 0.5) is 0 Å². The Bertz CT molecular complexity index is 1010. The van der Waals surface area contributed by atoms with Crippen LogP contribution in [0.3, 0.4) is 0 Å². The molecule has 7 heteroatoms. The molecule has 2 aliphatic rings. The minimum atomic E-state index is -1.06. The van der Waals surface area contributed by atoms with E-state index in [-0.39, 0.29) is 30.3 Å². The van der Waals surface area contributed by atoms with Crippen LogP contribution in [0.2, 0.25) is 10.0 Å². The summed E-state index contributed by atoms with van der Waals surface area (Å²) in [6.07, 6.45) is 1.47. The number of carboxylic acids is 1. The van der Waals surface area contributed by atoms with Gasteiger partial charge in [-0.3, -0.25) is 9.59 Å². The van der Waals surface area contributed by atoms with Crippen molar-refractivity contribution in [1.82, 2.24) is 4.90 Å². The van der Waals surface area contributed by atoms with Gasteiger partial charge in [-0.05, 0) is 61.1 Å². The predicted octanol–water partition coefficient (Wildman–Crippen LogP) is 5.45. The molecule has 0 radical (unpaired) electrons. The highest BCUT2D eigenvalue weighted by molar-refractivity contribution is 6.30. The Morgan fingerprint density at radius 2 is 1.81 bits per heavy atom. The summed E-state index contributed by atoms with van der Waals surface area (Å²) in [6, 6.07) is 14.6. The number of nitrogens with zero attached hydrogens (tertiary/aromatic N) is 1. The SMILES string of the molecule is C[C@]1(CC(=O)O)CC(c2cccc(Cl)c2)[C@@H](c2ccc(Cl)cc2)N([C@H]2CC[C@@H](O)C2)C1=O. The number of likely N-dealkylation sites (tertiary alicyclic amines) is 1. The average Bonchev–Trinajstić information content (AvgIpc) is 3.16. The van der Waals surface area contributed by atoms with Gasteiger partial charge in [-0.25, -0.2) is 0 Å². The summed E-state index contributed by atoms with van der Waals surface area (Å²) < 4.78 is 0. The Labute approximate surface area is 197 Å². The van der Waals surface area contributed by atoms with Crippen LogP contribution in [0.15, 0.2) is 48.5 Å². The van der Waals surface area contributed by atoms with Crippen LogP contribution in [-0.4, -0.2) is 39.1 Å². The normalized spacial score (nSPS) is 30.5. The van der Waals surface area contributed by atoms with E-state index in [1.54, 1.807) is 13.0 Å². The van der Waals surface area contributed by atoms with Crippen molar-refractivity contribution in [3.63, 3.8) is 0 Å². The Balaban J connectivity index is 1.88. The minimum absolute atomic E-state index is 0.158. The molecule has 2 N–H and O–H groups in total. The second-order valence-electron chi connectivity index (χ2n) is 9.33. The number of carboxylic acid groups (broad SMARTS) is 1. The van der Waals surface area contributed by atoms with Crippen LogP contribution >= 0.6 is 23.2 Å². The zero-order valence-electron chi connectivity index (χ0n) is 17.9. The fraction of sp³-hybridized carbons (Fsp3) is 0.440. The van der Waals surface area contributed by atoms with E-state index in [4.69, 9.17) is 23.2 Å². The van der Waals surface area contributed by atoms with E-state index < -0.39 is 17.5 Å². The smallest absolute Gasteiger partial charge is 0.304 e. The minimum Gasteiger partial charge on any atom is -0.481 e. The number of aliphatic carboxylic acids is 1. The second-order valence-corrected chi connectivity index (χ2v) is 10.2. The maximum Gasteiger partial charge on any atom is 0.304 e. The monoisotopic (exact) mass is 475 g/mol. The molecule has 0 spiro atoms. The van der Waals surface area contributed by atoms with Gasteiger partial charge < -0.3 is 15.1 Å². The van der Waals surface area contributed by atoms with Crippen molar-refractivity contribution < 1.29 is 19.8 Å². The number of piperidine rings is 1. The van der Waals surface area contributed by atoms with Crippen molar-refractivity contribution in [3.8, 4) is 0 Å². The highest BCUT2D eigenvalue weighted by Crippen LogP contribution is 2.53. The van der Waals surface area contributed by atoms with Crippen molar-refractivity contribution in [3.05, 3.63) is 69.7 Å². The first-order valence-electron chi connectivity index (χ1n) is 10.9. The Hall–Kier alpha value is -2.08. The molecule has 170 valence electrons. The average molecular weight is 476 g/mol. The summed E-state index contributed by atoms with van der Waals surface area (Å²) in [7, 11) is 0. The molecule has 1 amide bonds. The molecule has 32 heavy (non-hydrogen) atoms. The van der Waals surface area contributed by atoms with Crippen molar-refractivity contribution in [2.75, 3.05) is 0 Å². The molecule has 2 aromatic rings. The molecule has 4 rings (SSSR count). The third-order valence-electron chi connectivity index (χ3n) is 6.90. The molecule has 1 heterocycles. The van der Waals surface area contributed by atoms with E-state index >= 15 is 0 Å². The van der Waals surface area contributed by atoms with Crippen LogP contribution < -0.4 is 0 Å². The summed E-state index contributed by atoms with van der Waals surface area (Å²) in [5, 5.41) is 21.0. The quantitative estimate of drug-likeness (QED) is 0.602. The lowest BCUT2D eigenvalue weighted by Crippen LogP contribution is -2.55. The van der Waals surface area contributed by atoms with E-state index in [2.05, 4.69) is 0 Å². The van der Waals surface area contributed by atoms with E-state index in [0.29, 0.717) is 35.7 Å². The fourth-order valence-corrected chi connectivity index (χ4v) is 5.79. The van der Waals surface area contributed by atoms with E-state index in [1.165, 1.54) is 0 Å². The summed E-state index contributed by atoms with van der Waals surface area (Å²) >= 11 is 12.5. The third-order valence-corrected chi connectivity index (χ3v) is 7.39. The maximum absolute atomic E-state index is 13.9. The summed E-state index contributed by atoms with van der Waals surface area (Å²) in [5.41, 5.74) is 0.839. The highest BCUT2D eigenvalue weighted by Gasteiger charge is 2.53. The molecule has 0 bridgehead atoms. The maximum atomic E-state index is 13.9. The van der Waals surface area contributed by atoms with Gasteiger partial charge in [0.25, 0.3) is 0 Å². The van der Waals surface area contributed by atoms with Gasteiger partial charge >= 0.3 is 5.97 Å². The van der Waals surface area contributed by atoms with Crippen LogP contribution in [-0.2, 0) is 9.59 Å². The highest BCUT2D eigenvalue weighted by atomic mass is 35.5. The van der Waals surface area contributed by atoms with Gasteiger partial charge in [0.1, 0.15) is 0 Å². The lowest BCUT2D eigenvalue weighted by molar-refractivity contribution is -0.160. The van der Waals surface area contributed by atoms with Gasteiger partial charge in [0.05, 0.1) is 24.0 Å². The second kappa shape index (κ2) is 9.05. The van der Waals surface area contributed by atoms with E-state index in [9.17, 15) is 19.8 Å². The van der Waals surface area contributed by atoms with Crippen molar-refractivity contribution >= 4 is 35.1 Å². The molecular weight excluding hydrogens is 449 g/mol. The first kappa shape index (κ1) is 23.1. The number of rotatable bonds is 5. The number of hydrogen-bond donors (Lipinski definition) is 2. The summed E-state index contributed by atoms with van der Waals surface area (Å²) in [6.45, 7) is 1.75. The van der Waals surface area contributed by atoms with Gasteiger partial charge in [0.2, 0.25) is 5.91 Å². The first-order chi connectivity index (χ1) is 15.2. The first-order valence-corrected chi connectivity index (χ1v) is 11.7. The number of amides is 1. The number of halogens is 2. The number of benzene rings is 2. The lowest BCUT2D eigenvalue weighted by atomic mass is 9.67. The number of aliphatic hydroxyl groups excluding tert-OH is 1. The van der Waals surface area contributed by atoms with Gasteiger partial charge in [0, 0.05) is 22.0 Å². The molecule has 1 aliphatic heterocycles. The van der Waals surface area contributed by atoms with Crippen LogP contribution in [0.1, 0.15) is 62.1 Å². The zero-order chi connectivity index (χ0) is 23.0. The van der Waals surface area contributed by atoms with Crippen LogP contribution in [0.25, 0.3) is 0 Å². The summed E-state index contributed by atoms with van der Waals surface area (Å²) in [4.78, 5) is 27.5. The van der Waals surface area contributed by atoms with Crippen molar-refractivity contribution in [2.45, 2.75) is 63.1 Å². The molecule has 1 aliphatic carbocycles. The Morgan fingerprint density at radius 1 is 1.09 bits per heavy atom. The number of hydrogen-bond acceptors (Lipinski definition) is 3. The predicted molar refractivity (Wildman–Crippen MR) is 124 cm³/mol. The molecule has 2 fully saturated rings. The standard InChI is InChI=1S/C25H27Cl2NO4/c1-25(14-22(30)31)13-21(16-3-2-4-18(27)11-16)23(15-5-7-17(26)8-6-15)28(24(25)32)19-9-10-20(29)12-19/h2-8,11,19-21,23,29H,9-10,12-14H2,1H3,(H,30,31)/t19-,20+,21?,23+,25+/m0/s1.